The fraction of sp³-hybridized carbons (Fsp3) is 0.722. The monoisotopic (exact) mass is 434 g/mol. The van der Waals surface area contributed by atoms with Crippen LogP contribution in [0.5, 0.6) is 0 Å². The number of carbonyl (C=O) groups is 2. The third kappa shape index (κ3) is 5.49. The van der Waals surface area contributed by atoms with Crippen LogP contribution in [0.15, 0.2) is 12.3 Å². The van der Waals surface area contributed by atoms with Gasteiger partial charge in [-0.1, -0.05) is 0 Å². The third-order valence-electron chi connectivity index (χ3n) is 5.38. The molecule has 4 heterocycles. The van der Waals surface area contributed by atoms with Gasteiger partial charge in [-0.25, -0.2) is 4.79 Å². The Bertz CT molecular complexity index is 730. The van der Waals surface area contributed by atoms with Crippen LogP contribution in [0, 0.1) is 0 Å². The zero-order valence-electron chi connectivity index (χ0n) is 16.4. The van der Waals surface area contributed by atoms with Crippen LogP contribution in [-0.4, -0.2) is 94.8 Å². The second-order valence-corrected chi connectivity index (χ2v) is 7.30. The largest absolute Gasteiger partial charge is 0.490 e. The van der Waals surface area contributed by atoms with Crippen molar-refractivity contribution in [2.45, 2.75) is 37.6 Å². The number of carboxylic acids is 1. The minimum atomic E-state index is -5.08. The number of hydrogen-bond acceptors (Lipinski definition) is 6. The molecule has 168 valence electrons. The molecule has 0 aromatic carbocycles. The van der Waals surface area contributed by atoms with E-state index in [9.17, 15) is 18.0 Å². The first kappa shape index (κ1) is 22.5. The van der Waals surface area contributed by atoms with Gasteiger partial charge in [0.2, 0.25) is 5.91 Å². The summed E-state index contributed by atoms with van der Waals surface area (Å²) >= 11 is 0. The predicted octanol–water partition coefficient (Wildman–Crippen LogP) is 0.911. The maximum atomic E-state index is 13.0. The van der Waals surface area contributed by atoms with Crippen LogP contribution < -0.4 is 0 Å². The quantitative estimate of drug-likeness (QED) is 0.739. The van der Waals surface area contributed by atoms with Crippen LogP contribution in [0.3, 0.4) is 0 Å². The van der Waals surface area contributed by atoms with Gasteiger partial charge < -0.3 is 19.5 Å². The number of carboxylic acid groups (broad SMARTS) is 1. The Morgan fingerprint density at radius 3 is 2.30 bits per heavy atom. The van der Waals surface area contributed by atoms with Crippen molar-refractivity contribution in [1.29, 1.82) is 0 Å². The number of amides is 1. The molecule has 1 unspecified atom stereocenters. The molecule has 4 rings (SSSR count). The SMILES string of the molecule is O=C(C1CN(C2CCOCC2)Cc2ccnn21)N1CCOCC1.O=C(O)C(F)(F)F. The van der Waals surface area contributed by atoms with E-state index < -0.39 is 12.1 Å². The first-order chi connectivity index (χ1) is 14.3. The maximum absolute atomic E-state index is 13.0. The van der Waals surface area contributed by atoms with E-state index in [0.717, 1.165) is 44.8 Å². The molecule has 2 fully saturated rings. The summed E-state index contributed by atoms with van der Waals surface area (Å²) in [4.78, 5) is 26.3. The van der Waals surface area contributed by atoms with Crippen molar-refractivity contribution in [2.75, 3.05) is 46.1 Å². The van der Waals surface area contributed by atoms with Gasteiger partial charge in [0, 0.05) is 51.6 Å². The highest BCUT2D eigenvalue weighted by Gasteiger charge is 2.38. The van der Waals surface area contributed by atoms with Crippen LogP contribution in [0.4, 0.5) is 13.2 Å². The fourth-order valence-electron chi connectivity index (χ4n) is 3.83. The van der Waals surface area contributed by atoms with Gasteiger partial charge >= 0.3 is 12.1 Å². The number of aromatic nitrogens is 2. The zero-order valence-corrected chi connectivity index (χ0v) is 16.4. The Kier molecular flexibility index (Phi) is 7.32. The summed E-state index contributed by atoms with van der Waals surface area (Å²) in [5.41, 5.74) is 1.13. The summed E-state index contributed by atoms with van der Waals surface area (Å²) in [5.74, 6) is -2.58. The van der Waals surface area contributed by atoms with Gasteiger partial charge in [-0.3, -0.25) is 14.4 Å². The molecule has 1 atom stereocenters. The molecule has 9 nitrogen and oxygen atoms in total. The highest BCUT2D eigenvalue weighted by atomic mass is 19.4. The number of morpholine rings is 1. The van der Waals surface area contributed by atoms with Crippen molar-refractivity contribution in [3.8, 4) is 0 Å². The number of carbonyl (C=O) groups excluding carboxylic acids is 1. The number of halogens is 3. The summed E-state index contributed by atoms with van der Waals surface area (Å²) in [6.45, 7) is 5.90. The number of ether oxygens (including phenoxy) is 2. The minimum Gasteiger partial charge on any atom is -0.475 e. The van der Waals surface area contributed by atoms with Crippen molar-refractivity contribution < 1.29 is 37.3 Å². The van der Waals surface area contributed by atoms with Gasteiger partial charge in [0.05, 0.1) is 18.9 Å². The Labute approximate surface area is 171 Å². The zero-order chi connectivity index (χ0) is 21.7. The second kappa shape index (κ2) is 9.75. The fourth-order valence-corrected chi connectivity index (χ4v) is 3.83. The average molecular weight is 434 g/mol. The number of alkyl halides is 3. The molecular formula is C18H25F3N4O5. The van der Waals surface area contributed by atoms with E-state index in [1.54, 1.807) is 0 Å². The van der Waals surface area contributed by atoms with Crippen LogP contribution >= 0.6 is 0 Å². The summed E-state index contributed by atoms with van der Waals surface area (Å²) in [6, 6.07) is 2.33. The van der Waals surface area contributed by atoms with E-state index in [2.05, 4.69) is 10.00 Å². The minimum absolute atomic E-state index is 0.176. The molecule has 30 heavy (non-hydrogen) atoms. The van der Waals surface area contributed by atoms with E-state index in [4.69, 9.17) is 19.4 Å². The molecule has 0 spiro atoms. The van der Waals surface area contributed by atoms with Gasteiger partial charge in [-0.2, -0.15) is 18.3 Å². The first-order valence-corrected chi connectivity index (χ1v) is 9.78. The van der Waals surface area contributed by atoms with Gasteiger partial charge in [-0.05, 0) is 18.9 Å². The Hall–Kier alpha value is -2.18. The molecule has 0 saturated carbocycles. The summed E-state index contributed by atoms with van der Waals surface area (Å²) in [7, 11) is 0. The molecule has 1 aromatic rings. The Morgan fingerprint density at radius 1 is 1.10 bits per heavy atom. The van der Waals surface area contributed by atoms with Gasteiger partial charge in [0.25, 0.3) is 0 Å². The highest BCUT2D eigenvalue weighted by Crippen LogP contribution is 2.27. The number of fused-ring (bicyclic) bond motifs is 1. The number of nitrogens with zero attached hydrogens (tertiary/aromatic N) is 4. The molecule has 3 aliphatic heterocycles. The maximum Gasteiger partial charge on any atom is 0.490 e. The van der Waals surface area contributed by atoms with Crippen molar-refractivity contribution in [3.63, 3.8) is 0 Å². The highest BCUT2D eigenvalue weighted by molar-refractivity contribution is 5.81. The molecule has 1 aromatic heterocycles. The standard InChI is InChI=1S/C16H24N4O3.C2HF3O2/c21-16(18-5-9-23-10-6-18)15-12-19(13-2-7-22-8-3-13)11-14-1-4-17-20(14)15;3-2(4,5)1(6)7/h1,4,13,15H,2-3,5-12H2;(H,6,7). The average Bonchev–Trinajstić information content (AvgIpc) is 3.22. The molecule has 1 N–H and O–H groups in total. The van der Waals surface area contributed by atoms with Crippen molar-refractivity contribution in [3.05, 3.63) is 18.0 Å². The topological polar surface area (TPSA) is 97.1 Å². The lowest BCUT2D eigenvalue weighted by Crippen LogP contribution is -2.52. The lowest BCUT2D eigenvalue weighted by atomic mass is 10.0. The lowest BCUT2D eigenvalue weighted by Gasteiger charge is -2.41. The van der Waals surface area contributed by atoms with E-state index in [1.165, 1.54) is 0 Å². The number of hydrogen-bond donors (Lipinski definition) is 1. The van der Waals surface area contributed by atoms with E-state index in [-0.39, 0.29) is 11.9 Å². The number of aliphatic carboxylic acids is 1. The molecule has 2 saturated heterocycles. The van der Waals surface area contributed by atoms with E-state index in [1.807, 2.05) is 21.8 Å². The van der Waals surface area contributed by atoms with Gasteiger partial charge in [0.15, 0.2) is 0 Å². The molecule has 0 aliphatic carbocycles. The van der Waals surface area contributed by atoms with Crippen molar-refractivity contribution >= 4 is 11.9 Å². The molecule has 0 radical (unpaired) electrons. The third-order valence-corrected chi connectivity index (χ3v) is 5.38. The summed E-state index contributed by atoms with van der Waals surface area (Å²) in [6.07, 6.45) is -1.18. The summed E-state index contributed by atoms with van der Waals surface area (Å²) in [5, 5.41) is 11.5. The molecule has 12 heteroatoms. The normalized spacial score (nSPS) is 23.3. The van der Waals surface area contributed by atoms with Crippen molar-refractivity contribution in [2.24, 2.45) is 0 Å². The van der Waals surface area contributed by atoms with E-state index in [0.29, 0.717) is 32.3 Å². The predicted molar refractivity (Wildman–Crippen MR) is 96.6 cm³/mol. The molecule has 0 bridgehead atoms. The smallest absolute Gasteiger partial charge is 0.475 e. The van der Waals surface area contributed by atoms with Gasteiger partial charge in [0.1, 0.15) is 6.04 Å². The first-order valence-electron chi connectivity index (χ1n) is 9.78. The second-order valence-electron chi connectivity index (χ2n) is 7.30. The van der Waals surface area contributed by atoms with E-state index >= 15 is 0 Å². The summed E-state index contributed by atoms with van der Waals surface area (Å²) < 4.78 is 44.5. The van der Waals surface area contributed by atoms with Crippen LogP contribution in [0.1, 0.15) is 24.6 Å². The Morgan fingerprint density at radius 2 is 1.70 bits per heavy atom. The van der Waals surface area contributed by atoms with Crippen LogP contribution in [0.25, 0.3) is 0 Å². The van der Waals surface area contributed by atoms with Crippen LogP contribution in [-0.2, 0) is 25.6 Å². The lowest BCUT2D eigenvalue weighted by molar-refractivity contribution is -0.192. The van der Waals surface area contributed by atoms with Crippen LogP contribution in [0.2, 0.25) is 0 Å². The molecular weight excluding hydrogens is 409 g/mol. The molecule has 3 aliphatic rings. The molecule has 1 amide bonds. The van der Waals surface area contributed by atoms with Gasteiger partial charge in [-0.15, -0.1) is 0 Å². The van der Waals surface area contributed by atoms with Crippen molar-refractivity contribution in [1.82, 2.24) is 19.6 Å². The Balaban J connectivity index is 0.000000318. The number of rotatable bonds is 2.